The zero-order valence-corrected chi connectivity index (χ0v) is 10.1. The lowest BCUT2D eigenvalue weighted by Gasteiger charge is -2.17. The van der Waals surface area contributed by atoms with Crippen LogP contribution in [0.25, 0.3) is 0 Å². The summed E-state index contributed by atoms with van der Waals surface area (Å²) in [4.78, 5) is 11.7. The van der Waals surface area contributed by atoms with Crippen molar-refractivity contribution in [2.75, 3.05) is 0 Å². The maximum absolute atomic E-state index is 11.7. The molecular weight excluding hydrogens is 204 g/mol. The number of hydrogen-bond acceptors (Lipinski definition) is 3. The predicted molar refractivity (Wildman–Crippen MR) is 62.7 cm³/mol. The third kappa shape index (κ3) is 3.70. The standard InChI is InChI=1S/C12H20N2O2/c1-8(2)7-10(13)12(15)14-9(3)11-5-4-6-16-11/h4-6,8-10H,7,13H2,1-3H3,(H,14,15)/t9?,10-/m0/s1. The molecule has 0 aliphatic heterocycles. The zero-order chi connectivity index (χ0) is 12.1. The highest BCUT2D eigenvalue weighted by Crippen LogP contribution is 2.12. The van der Waals surface area contributed by atoms with E-state index >= 15 is 0 Å². The maximum Gasteiger partial charge on any atom is 0.237 e. The quantitative estimate of drug-likeness (QED) is 0.801. The second-order valence-corrected chi connectivity index (χ2v) is 4.48. The molecule has 2 atom stereocenters. The van der Waals surface area contributed by atoms with E-state index in [1.807, 2.05) is 26.8 Å². The summed E-state index contributed by atoms with van der Waals surface area (Å²) in [5.41, 5.74) is 5.78. The Kier molecular flexibility index (Phi) is 4.55. The molecule has 1 unspecified atom stereocenters. The summed E-state index contributed by atoms with van der Waals surface area (Å²) in [5.74, 6) is 1.03. The molecule has 0 saturated carbocycles. The molecule has 1 rings (SSSR count). The Bertz CT molecular complexity index is 320. The lowest BCUT2D eigenvalue weighted by Crippen LogP contribution is -2.42. The smallest absolute Gasteiger partial charge is 0.237 e. The summed E-state index contributed by atoms with van der Waals surface area (Å²) < 4.78 is 5.20. The summed E-state index contributed by atoms with van der Waals surface area (Å²) in [6.45, 7) is 5.96. The molecule has 4 heteroatoms. The van der Waals surface area contributed by atoms with E-state index in [-0.39, 0.29) is 11.9 Å². The van der Waals surface area contributed by atoms with Crippen LogP contribution >= 0.6 is 0 Å². The lowest BCUT2D eigenvalue weighted by molar-refractivity contribution is -0.123. The Morgan fingerprint density at radius 2 is 2.19 bits per heavy atom. The summed E-state index contributed by atoms with van der Waals surface area (Å²) in [5, 5.41) is 2.83. The average molecular weight is 224 g/mol. The van der Waals surface area contributed by atoms with Crippen LogP contribution in [-0.4, -0.2) is 11.9 Å². The molecule has 0 spiro atoms. The van der Waals surface area contributed by atoms with Crippen molar-refractivity contribution in [3.63, 3.8) is 0 Å². The fourth-order valence-electron chi connectivity index (χ4n) is 1.54. The van der Waals surface area contributed by atoms with Crippen molar-refractivity contribution in [3.8, 4) is 0 Å². The van der Waals surface area contributed by atoms with Crippen LogP contribution < -0.4 is 11.1 Å². The van der Waals surface area contributed by atoms with E-state index in [1.165, 1.54) is 0 Å². The van der Waals surface area contributed by atoms with E-state index in [1.54, 1.807) is 12.3 Å². The van der Waals surface area contributed by atoms with Crippen molar-refractivity contribution >= 4 is 5.91 Å². The monoisotopic (exact) mass is 224 g/mol. The average Bonchev–Trinajstić information content (AvgIpc) is 2.68. The van der Waals surface area contributed by atoms with E-state index < -0.39 is 6.04 Å². The number of nitrogens with two attached hydrogens (primary N) is 1. The molecule has 1 amide bonds. The number of rotatable bonds is 5. The van der Waals surface area contributed by atoms with Gasteiger partial charge in [-0.25, -0.2) is 0 Å². The van der Waals surface area contributed by atoms with Crippen molar-refractivity contribution in [2.24, 2.45) is 11.7 Å². The van der Waals surface area contributed by atoms with Crippen LogP contribution in [0.5, 0.6) is 0 Å². The van der Waals surface area contributed by atoms with E-state index in [4.69, 9.17) is 10.2 Å². The van der Waals surface area contributed by atoms with Crippen LogP contribution in [0.4, 0.5) is 0 Å². The van der Waals surface area contributed by atoms with Gasteiger partial charge in [-0.1, -0.05) is 13.8 Å². The van der Waals surface area contributed by atoms with Crippen LogP contribution in [0.1, 0.15) is 39.0 Å². The van der Waals surface area contributed by atoms with Crippen molar-refractivity contribution < 1.29 is 9.21 Å². The Hall–Kier alpha value is -1.29. The van der Waals surface area contributed by atoms with Gasteiger partial charge in [0.25, 0.3) is 0 Å². The summed E-state index contributed by atoms with van der Waals surface area (Å²) in [6, 6.07) is 3.04. The van der Waals surface area contributed by atoms with Crippen molar-refractivity contribution in [1.82, 2.24) is 5.32 Å². The SMILES string of the molecule is CC(C)C[C@H](N)C(=O)NC(C)c1ccco1. The Morgan fingerprint density at radius 3 is 2.69 bits per heavy atom. The van der Waals surface area contributed by atoms with Crippen LogP contribution in [0.15, 0.2) is 22.8 Å². The van der Waals surface area contributed by atoms with Gasteiger partial charge >= 0.3 is 0 Å². The van der Waals surface area contributed by atoms with Crippen molar-refractivity contribution in [2.45, 2.75) is 39.3 Å². The fourth-order valence-corrected chi connectivity index (χ4v) is 1.54. The molecular formula is C12H20N2O2. The van der Waals surface area contributed by atoms with Gasteiger partial charge in [-0.3, -0.25) is 4.79 Å². The molecule has 0 bridgehead atoms. The number of carbonyl (C=O) groups is 1. The maximum atomic E-state index is 11.7. The van der Waals surface area contributed by atoms with E-state index in [0.29, 0.717) is 12.3 Å². The second-order valence-electron chi connectivity index (χ2n) is 4.48. The molecule has 0 aliphatic rings. The highest BCUT2D eigenvalue weighted by Gasteiger charge is 2.18. The van der Waals surface area contributed by atoms with Gasteiger partial charge in [0.1, 0.15) is 5.76 Å². The second kappa shape index (κ2) is 5.70. The number of amides is 1. The largest absolute Gasteiger partial charge is 0.467 e. The molecule has 3 N–H and O–H groups in total. The van der Waals surface area contributed by atoms with Gasteiger partial charge in [0.05, 0.1) is 18.3 Å². The number of carbonyl (C=O) groups excluding carboxylic acids is 1. The van der Waals surface area contributed by atoms with Gasteiger partial charge in [-0.05, 0) is 31.4 Å². The molecule has 4 nitrogen and oxygen atoms in total. The van der Waals surface area contributed by atoms with Crippen LogP contribution in [0.3, 0.4) is 0 Å². The Balaban J connectivity index is 2.45. The molecule has 0 fully saturated rings. The van der Waals surface area contributed by atoms with Crippen molar-refractivity contribution in [1.29, 1.82) is 0 Å². The van der Waals surface area contributed by atoms with E-state index in [2.05, 4.69) is 5.32 Å². The van der Waals surface area contributed by atoms with Crippen LogP contribution in [0, 0.1) is 5.92 Å². The predicted octanol–water partition coefficient (Wildman–Crippen LogP) is 1.83. The summed E-state index contributed by atoms with van der Waals surface area (Å²) in [6.07, 6.45) is 2.28. The topological polar surface area (TPSA) is 68.3 Å². The van der Waals surface area contributed by atoms with Gasteiger partial charge < -0.3 is 15.5 Å². The Labute approximate surface area is 96.2 Å². The molecule has 0 aromatic carbocycles. The highest BCUT2D eigenvalue weighted by atomic mass is 16.3. The van der Waals surface area contributed by atoms with E-state index in [9.17, 15) is 4.79 Å². The normalized spacial score (nSPS) is 14.8. The summed E-state index contributed by atoms with van der Waals surface area (Å²) in [7, 11) is 0. The minimum absolute atomic E-state index is 0.127. The molecule has 90 valence electrons. The minimum Gasteiger partial charge on any atom is -0.467 e. The van der Waals surface area contributed by atoms with E-state index in [0.717, 1.165) is 5.76 Å². The fraction of sp³-hybridized carbons (Fsp3) is 0.583. The van der Waals surface area contributed by atoms with Gasteiger partial charge in [0.2, 0.25) is 5.91 Å². The molecule has 0 saturated heterocycles. The first-order chi connectivity index (χ1) is 7.50. The molecule has 0 aliphatic carbocycles. The number of hydrogen-bond donors (Lipinski definition) is 2. The molecule has 0 radical (unpaired) electrons. The van der Waals surface area contributed by atoms with Gasteiger partial charge in [0.15, 0.2) is 0 Å². The Morgan fingerprint density at radius 1 is 1.50 bits per heavy atom. The van der Waals surface area contributed by atoms with Crippen molar-refractivity contribution in [3.05, 3.63) is 24.2 Å². The van der Waals surface area contributed by atoms with Gasteiger partial charge in [-0.15, -0.1) is 0 Å². The number of nitrogens with one attached hydrogen (secondary N) is 1. The molecule has 16 heavy (non-hydrogen) atoms. The molecule has 1 heterocycles. The first-order valence-corrected chi connectivity index (χ1v) is 5.60. The van der Waals surface area contributed by atoms with Crippen LogP contribution in [-0.2, 0) is 4.79 Å². The number of furan rings is 1. The first-order valence-electron chi connectivity index (χ1n) is 5.60. The zero-order valence-electron chi connectivity index (χ0n) is 10.1. The molecule has 1 aromatic heterocycles. The lowest BCUT2D eigenvalue weighted by atomic mass is 10.0. The summed E-state index contributed by atoms with van der Waals surface area (Å²) >= 11 is 0. The first kappa shape index (κ1) is 12.8. The van der Waals surface area contributed by atoms with Gasteiger partial charge in [-0.2, -0.15) is 0 Å². The van der Waals surface area contributed by atoms with Gasteiger partial charge in [0, 0.05) is 0 Å². The third-order valence-electron chi connectivity index (χ3n) is 2.39. The highest BCUT2D eigenvalue weighted by molar-refractivity contribution is 5.81. The minimum atomic E-state index is -0.447. The van der Waals surface area contributed by atoms with Crippen LogP contribution in [0.2, 0.25) is 0 Å². The molecule has 1 aromatic rings. The third-order valence-corrected chi connectivity index (χ3v) is 2.39.